The van der Waals surface area contributed by atoms with Crippen LogP contribution in [0.15, 0.2) is 29.3 Å². The largest absolute Gasteiger partial charge is 0.352 e. The number of nitrogens with zero attached hydrogens (tertiary/aromatic N) is 4. The maximum Gasteiger partial charge on any atom is 0.246 e. The number of aromatic nitrogens is 2. The first kappa shape index (κ1) is 18.9. The van der Waals surface area contributed by atoms with E-state index in [2.05, 4.69) is 26.8 Å². The molecule has 144 valence electrons. The van der Waals surface area contributed by atoms with E-state index in [0.29, 0.717) is 12.5 Å². The molecule has 1 aliphatic rings. The van der Waals surface area contributed by atoms with Gasteiger partial charge < -0.3 is 15.5 Å². The fourth-order valence-corrected chi connectivity index (χ4v) is 3.51. The Hall–Kier alpha value is -2.83. The maximum absolute atomic E-state index is 12.7. The Morgan fingerprint density at radius 1 is 1.26 bits per heavy atom. The lowest BCUT2D eigenvalue weighted by Gasteiger charge is -2.29. The Bertz CT molecular complexity index is 854. The molecule has 1 aliphatic heterocycles. The molecule has 0 aliphatic carbocycles. The number of hydrogen-bond donors (Lipinski definition) is 2. The zero-order valence-electron chi connectivity index (χ0n) is 16.5. The second kappa shape index (κ2) is 8.24. The van der Waals surface area contributed by atoms with Gasteiger partial charge in [-0.2, -0.15) is 5.10 Å². The fourth-order valence-electron chi connectivity index (χ4n) is 3.51. The van der Waals surface area contributed by atoms with Crippen LogP contribution in [-0.4, -0.2) is 41.8 Å². The standard InChI is InChI=1S/C20H28N6O/c1-14-17(15(2)25(4)24-14)12-22-20(21-3)23-13-19(27)26-11-7-9-16-8-5-6-10-18(16)26/h5-6,8,10H,7,9,11-13H2,1-4H3,(H2,21,22,23). The minimum absolute atomic E-state index is 0.0545. The fraction of sp³-hybridized carbons (Fsp3) is 0.450. The summed E-state index contributed by atoms with van der Waals surface area (Å²) in [6.45, 7) is 5.63. The quantitative estimate of drug-likeness (QED) is 0.636. The first-order chi connectivity index (χ1) is 13.0. The normalized spacial score (nSPS) is 14.1. The topological polar surface area (TPSA) is 74.6 Å². The highest BCUT2D eigenvalue weighted by Gasteiger charge is 2.22. The van der Waals surface area contributed by atoms with Crippen LogP contribution >= 0.6 is 0 Å². The van der Waals surface area contributed by atoms with Gasteiger partial charge in [-0.15, -0.1) is 0 Å². The molecule has 0 saturated heterocycles. The number of anilines is 1. The summed E-state index contributed by atoms with van der Waals surface area (Å²) in [5.74, 6) is 0.662. The third kappa shape index (κ3) is 4.13. The van der Waals surface area contributed by atoms with Crippen LogP contribution < -0.4 is 15.5 Å². The van der Waals surface area contributed by atoms with Gasteiger partial charge in [0.25, 0.3) is 0 Å². The minimum atomic E-state index is 0.0545. The summed E-state index contributed by atoms with van der Waals surface area (Å²) in [6, 6.07) is 8.13. The van der Waals surface area contributed by atoms with Gasteiger partial charge in [-0.1, -0.05) is 18.2 Å². The number of carbonyl (C=O) groups excluding carboxylic acids is 1. The number of nitrogens with one attached hydrogen (secondary N) is 2. The van der Waals surface area contributed by atoms with Gasteiger partial charge in [-0.05, 0) is 38.3 Å². The van der Waals surface area contributed by atoms with Gasteiger partial charge in [-0.25, -0.2) is 0 Å². The summed E-state index contributed by atoms with van der Waals surface area (Å²) in [6.07, 6.45) is 2.02. The number of rotatable bonds is 4. The lowest BCUT2D eigenvalue weighted by atomic mass is 10.0. The number of guanidine groups is 1. The summed E-state index contributed by atoms with van der Waals surface area (Å²) in [5.41, 5.74) is 5.54. The predicted molar refractivity (Wildman–Crippen MR) is 108 cm³/mol. The third-order valence-corrected chi connectivity index (χ3v) is 5.13. The van der Waals surface area contributed by atoms with Gasteiger partial charge in [0.1, 0.15) is 0 Å². The van der Waals surface area contributed by atoms with Crippen LogP contribution in [-0.2, 0) is 24.8 Å². The molecule has 0 unspecified atom stereocenters. The zero-order valence-corrected chi connectivity index (χ0v) is 16.5. The second-order valence-corrected chi connectivity index (χ2v) is 6.83. The van der Waals surface area contributed by atoms with Crippen molar-refractivity contribution < 1.29 is 4.79 Å². The molecule has 0 atom stereocenters. The number of carbonyl (C=O) groups is 1. The van der Waals surface area contributed by atoms with E-state index < -0.39 is 0 Å². The van der Waals surface area contributed by atoms with Gasteiger partial charge in [0.05, 0.1) is 12.2 Å². The molecule has 0 spiro atoms. The molecule has 2 heterocycles. The van der Waals surface area contributed by atoms with Crippen LogP contribution in [0.4, 0.5) is 5.69 Å². The Kier molecular flexibility index (Phi) is 5.78. The highest BCUT2D eigenvalue weighted by Crippen LogP contribution is 2.26. The van der Waals surface area contributed by atoms with E-state index in [4.69, 9.17) is 0 Å². The summed E-state index contributed by atoms with van der Waals surface area (Å²) in [7, 11) is 3.65. The average Bonchev–Trinajstić information content (AvgIpc) is 2.93. The van der Waals surface area contributed by atoms with Gasteiger partial charge in [0.2, 0.25) is 5.91 Å². The van der Waals surface area contributed by atoms with Gasteiger partial charge in [0, 0.05) is 44.1 Å². The average molecular weight is 368 g/mol. The second-order valence-electron chi connectivity index (χ2n) is 6.83. The summed E-state index contributed by atoms with van der Waals surface area (Å²) >= 11 is 0. The smallest absolute Gasteiger partial charge is 0.246 e. The first-order valence-corrected chi connectivity index (χ1v) is 9.33. The number of aliphatic imine (C=N–C) groups is 1. The molecule has 7 nitrogen and oxygen atoms in total. The monoisotopic (exact) mass is 368 g/mol. The molecule has 2 N–H and O–H groups in total. The molecular formula is C20H28N6O. The predicted octanol–water partition coefficient (Wildman–Crippen LogP) is 1.68. The maximum atomic E-state index is 12.7. The third-order valence-electron chi connectivity index (χ3n) is 5.13. The van der Waals surface area contributed by atoms with Crippen molar-refractivity contribution in [2.75, 3.05) is 25.0 Å². The number of benzene rings is 1. The first-order valence-electron chi connectivity index (χ1n) is 9.33. The number of para-hydroxylation sites is 1. The zero-order chi connectivity index (χ0) is 19.4. The molecule has 0 bridgehead atoms. The molecule has 0 saturated carbocycles. The summed E-state index contributed by atoms with van der Waals surface area (Å²) in [5, 5.41) is 10.8. The Morgan fingerprint density at radius 2 is 2.04 bits per heavy atom. The molecule has 27 heavy (non-hydrogen) atoms. The van der Waals surface area contributed by atoms with Crippen molar-refractivity contribution in [2.24, 2.45) is 12.0 Å². The lowest BCUT2D eigenvalue weighted by molar-refractivity contribution is -0.117. The van der Waals surface area contributed by atoms with E-state index in [9.17, 15) is 4.79 Å². The van der Waals surface area contributed by atoms with Crippen LogP contribution in [0.2, 0.25) is 0 Å². The molecule has 1 aromatic heterocycles. The van der Waals surface area contributed by atoms with Gasteiger partial charge >= 0.3 is 0 Å². The number of hydrogen-bond acceptors (Lipinski definition) is 3. The van der Waals surface area contributed by atoms with Crippen LogP contribution in [0.5, 0.6) is 0 Å². The van der Waals surface area contributed by atoms with E-state index in [0.717, 1.165) is 42.0 Å². The van der Waals surface area contributed by atoms with Crippen molar-refractivity contribution in [1.29, 1.82) is 0 Å². The van der Waals surface area contributed by atoms with Gasteiger partial charge in [-0.3, -0.25) is 14.5 Å². The molecule has 7 heteroatoms. The van der Waals surface area contributed by atoms with E-state index in [1.54, 1.807) is 7.05 Å². The molecular weight excluding hydrogens is 340 g/mol. The molecule has 0 fully saturated rings. The van der Waals surface area contributed by atoms with Crippen molar-refractivity contribution in [3.8, 4) is 0 Å². The van der Waals surface area contributed by atoms with Crippen LogP contribution in [0.1, 0.15) is 28.9 Å². The van der Waals surface area contributed by atoms with Crippen LogP contribution in [0, 0.1) is 13.8 Å². The molecule has 3 rings (SSSR count). The van der Waals surface area contributed by atoms with Crippen LogP contribution in [0.25, 0.3) is 0 Å². The van der Waals surface area contributed by atoms with E-state index in [1.165, 1.54) is 5.56 Å². The highest BCUT2D eigenvalue weighted by atomic mass is 16.2. The van der Waals surface area contributed by atoms with Crippen molar-refractivity contribution in [3.63, 3.8) is 0 Å². The highest BCUT2D eigenvalue weighted by molar-refractivity contribution is 5.98. The molecule has 2 aromatic rings. The summed E-state index contributed by atoms with van der Waals surface area (Å²) < 4.78 is 1.87. The number of fused-ring (bicyclic) bond motifs is 1. The number of aryl methyl sites for hydroxylation is 3. The van der Waals surface area contributed by atoms with E-state index in [-0.39, 0.29) is 12.5 Å². The van der Waals surface area contributed by atoms with Crippen molar-refractivity contribution in [1.82, 2.24) is 20.4 Å². The molecule has 0 radical (unpaired) electrons. The lowest BCUT2D eigenvalue weighted by Crippen LogP contribution is -2.46. The van der Waals surface area contributed by atoms with Crippen molar-refractivity contribution in [3.05, 3.63) is 46.8 Å². The molecule has 1 amide bonds. The Labute approximate surface area is 160 Å². The minimum Gasteiger partial charge on any atom is -0.352 e. The van der Waals surface area contributed by atoms with E-state index in [1.807, 2.05) is 48.7 Å². The van der Waals surface area contributed by atoms with E-state index >= 15 is 0 Å². The van der Waals surface area contributed by atoms with Crippen LogP contribution in [0.3, 0.4) is 0 Å². The van der Waals surface area contributed by atoms with Crippen molar-refractivity contribution in [2.45, 2.75) is 33.2 Å². The summed E-state index contributed by atoms with van der Waals surface area (Å²) in [4.78, 5) is 18.8. The van der Waals surface area contributed by atoms with Gasteiger partial charge in [0.15, 0.2) is 5.96 Å². The Morgan fingerprint density at radius 3 is 2.74 bits per heavy atom. The van der Waals surface area contributed by atoms with Crippen molar-refractivity contribution >= 4 is 17.6 Å². The Balaban J connectivity index is 1.58. The number of amides is 1. The SMILES string of the molecule is CN=C(NCC(=O)N1CCCc2ccccc21)NCc1c(C)nn(C)c1C. The molecule has 1 aromatic carbocycles.